The van der Waals surface area contributed by atoms with E-state index < -0.39 is 0 Å². The molecule has 0 aliphatic carbocycles. The maximum atomic E-state index is 5.19. The van der Waals surface area contributed by atoms with Crippen molar-refractivity contribution in [1.82, 2.24) is 9.97 Å². The maximum absolute atomic E-state index is 5.19. The summed E-state index contributed by atoms with van der Waals surface area (Å²) in [5, 5.41) is 7.46. The van der Waals surface area contributed by atoms with Gasteiger partial charge in [0.1, 0.15) is 11.6 Å². The highest BCUT2D eigenvalue weighted by molar-refractivity contribution is 7.98. The first-order chi connectivity index (χ1) is 9.23. The molecule has 1 aromatic heterocycles. The van der Waals surface area contributed by atoms with Crippen LogP contribution in [0.25, 0.3) is 0 Å². The molecule has 0 radical (unpaired) electrons. The summed E-state index contributed by atoms with van der Waals surface area (Å²) in [5.41, 5.74) is 0. The molecule has 1 aromatic rings. The summed E-state index contributed by atoms with van der Waals surface area (Å²) in [6, 6.07) is 2.22. The minimum absolute atomic E-state index is 0.272. The van der Waals surface area contributed by atoms with Crippen LogP contribution in [0.5, 0.6) is 0 Å². The van der Waals surface area contributed by atoms with Gasteiger partial charge < -0.3 is 15.4 Å². The van der Waals surface area contributed by atoms with Gasteiger partial charge in [-0.15, -0.1) is 0 Å². The van der Waals surface area contributed by atoms with Crippen molar-refractivity contribution in [1.29, 1.82) is 0 Å². The Bertz CT molecular complexity index is 376. The van der Waals surface area contributed by atoms with Crippen molar-refractivity contribution >= 4 is 23.4 Å². The SMILES string of the molecule is CCCNc1cc(NC(CC)COC)nc(SC)n1. The highest BCUT2D eigenvalue weighted by Gasteiger charge is 2.09. The van der Waals surface area contributed by atoms with Crippen LogP contribution >= 0.6 is 11.8 Å². The Morgan fingerprint density at radius 2 is 2.05 bits per heavy atom. The Hall–Kier alpha value is -1.01. The van der Waals surface area contributed by atoms with Gasteiger partial charge in [0.2, 0.25) is 0 Å². The number of rotatable bonds is 9. The second kappa shape index (κ2) is 8.98. The lowest BCUT2D eigenvalue weighted by Crippen LogP contribution is -2.24. The van der Waals surface area contributed by atoms with Crippen LogP contribution in [0.3, 0.4) is 0 Å². The normalized spacial score (nSPS) is 12.2. The molecule has 1 unspecified atom stereocenters. The van der Waals surface area contributed by atoms with E-state index in [0.29, 0.717) is 6.61 Å². The molecule has 19 heavy (non-hydrogen) atoms. The quantitative estimate of drug-likeness (QED) is 0.537. The molecule has 0 aliphatic rings. The summed E-state index contributed by atoms with van der Waals surface area (Å²) in [6.07, 6.45) is 4.04. The number of nitrogens with one attached hydrogen (secondary N) is 2. The van der Waals surface area contributed by atoms with Crippen molar-refractivity contribution in [2.75, 3.05) is 37.2 Å². The van der Waals surface area contributed by atoms with Crippen LogP contribution in [-0.2, 0) is 4.74 Å². The highest BCUT2D eigenvalue weighted by atomic mass is 32.2. The molecule has 108 valence electrons. The van der Waals surface area contributed by atoms with Crippen molar-refractivity contribution in [3.8, 4) is 0 Å². The number of thioether (sulfide) groups is 1. The van der Waals surface area contributed by atoms with E-state index >= 15 is 0 Å². The molecule has 0 aliphatic heterocycles. The van der Waals surface area contributed by atoms with Gasteiger partial charge in [0, 0.05) is 19.7 Å². The fourth-order valence-electron chi connectivity index (χ4n) is 1.61. The Labute approximate surface area is 119 Å². The molecule has 0 bridgehead atoms. The third kappa shape index (κ3) is 5.65. The van der Waals surface area contributed by atoms with E-state index in [4.69, 9.17) is 4.74 Å². The molecule has 1 heterocycles. The van der Waals surface area contributed by atoms with Gasteiger partial charge in [-0.05, 0) is 19.1 Å². The molecule has 0 amide bonds. The smallest absolute Gasteiger partial charge is 0.191 e. The number of ether oxygens (including phenoxy) is 1. The molecule has 2 N–H and O–H groups in total. The largest absolute Gasteiger partial charge is 0.383 e. The fraction of sp³-hybridized carbons (Fsp3) is 0.692. The summed E-state index contributed by atoms with van der Waals surface area (Å²) < 4.78 is 5.19. The topological polar surface area (TPSA) is 59.1 Å². The van der Waals surface area contributed by atoms with Crippen molar-refractivity contribution < 1.29 is 4.74 Å². The van der Waals surface area contributed by atoms with Gasteiger partial charge in [0.25, 0.3) is 0 Å². The predicted octanol–water partition coefficient (Wildman–Crippen LogP) is 2.86. The van der Waals surface area contributed by atoms with Crippen LogP contribution in [0, 0.1) is 0 Å². The lowest BCUT2D eigenvalue weighted by atomic mass is 10.2. The van der Waals surface area contributed by atoms with Gasteiger partial charge in [-0.2, -0.15) is 0 Å². The monoisotopic (exact) mass is 284 g/mol. The van der Waals surface area contributed by atoms with Gasteiger partial charge in [-0.25, -0.2) is 9.97 Å². The lowest BCUT2D eigenvalue weighted by Gasteiger charge is -2.17. The van der Waals surface area contributed by atoms with E-state index in [1.54, 1.807) is 18.9 Å². The fourth-order valence-corrected chi connectivity index (χ4v) is 1.99. The molecule has 1 atom stereocenters. The first-order valence-corrected chi connectivity index (χ1v) is 7.88. The van der Waals surface area contributed by atoms with Crippen molar-refractivity contribution in [2.45, 2.75) is 37.9 Å². The van der Waals surface area contributed by atoms with Crippen LogP contribution < -0.4 is 10.6 Å². The Morgan fingerprint density at radius 3 is 2.63 bits per heavy atom. The van der Waals surface area contributed by atoms with Crippen LogP contribution in [0.4, 0.5) is 11.6 Å². The van der Waals surface area contributed by atoms with Crippen molar-refractivity contribution in [3.05, 3.63) is 6.07 Å². The second-order valence-corrected chi connectivity index (χ2v) is 5.03. The molecule has 6 heteroatoms. The number of hydrogen-bond donors (Lipinski definition) is 2. The third-order valence-corrected chi connectivity index (χ3v) is 3.20. The van der Waals surface area contributed by atoms with E-state index in [1.807, 2.05) is 12.3 Å². The van der Waals surface area contributed by atoms with E-state index in [-0.39, 0.29) is 6.04 Å². The summed E-state index contributed by atoms with van der Waals surface area (Å²) in [5.74, 6) is 1.72. The maximum Gasteiger partial charge on any atom is 0.191 e. The molecular formula is C13H24N4OS. The van der Waals surface area contributed by atoms with E-state index in [2.05, 4.69) is 34.4 Å². The average Bonchev–Trinajstić information content (AvgIpc) is 2.44. The summed E-state index contributed by atoms with van der Waals surface area (Å²) in [4.78, 5) is 8.91. The van der Waals surface area contributed by atoms with Crippen molar-refractivity contribution in [2.24, 2.45) is 0 Å². The molecule has 0 fully saturated rings. The third-order valence-electron chi connectivity index (χ3n) is 2.66. The van der Waals surface area contributed by atoms with Crippen LogP contribution in [0.2, 0.25) is 0 Å². The van der Waals surface area contributed by atoms with Crippen LogP contribution in [0.1, 0.15) is 26.7 Å². The van der Waals surface area contributed by atoms with Crippen LogP contribution in [-0.4, -0.2) is 42.5 Å². The van der Waals surface area contributed by atoms with Gasteiger partial charge in [-0.1, -0.05) is 25.6 Å². The lowest BCUT2D eigenvalue weighted by molar-refractivity contribution is 0.184. The zero-order valence-corrected chi connectivity index (χ0v) is 13.0. The first-order valence-electron chi connectivity index (χ1n) is 6.65. The van der Waals surface area contributed by atoms with Gasteiger partial charge in [0.15, 0.2) is 5.16 Å². The Morgan fingerprint density at radius 1 is 1.32 bits per heavy atom. The number of hydrogen-bond acceptors (Lipinski definition) is 6. The first kappa shape index (κ1) is 16.0. The number of anilines is 2. The molecule has 1 rings (SSSR count). The van der Waals surface area contributed by atoms with Crippen LogP contribution in [0.15, 0.2) is 11.2 Å². The highest BCUT2D eigenvalue weighted by Crippen LogP contribution is 2.18. The van der Waals surface area contributed by atoms with Gasteiger partial charge in [-0.3, -0.25) is 0 Å². The molecule has 0 spiro atoms. The van der Waals surface area contributed by atoms with E-state index in [9.17, 15) is 0 Å². The van der Waals surface area contributed by atoms with E-state index in [0.717, 1.165) is 36.2 Å². The molecule has 5 nitrogen and oxygen atoms in total. The van der Waals surface area contributed by atoms with Gasteiger partial charge >= 0.3 is 0 Å². The van der Waals surface area contributed by atoms with Crippen molar-refractivity contribution in [3.63, 3.8) is 0 Å². The molecule has 0 saturated carbocycles. The minimum atomic E-state index is 0.272. The molecule has 0 saturated heterocycles. The van der Waals surface area contributed by atoms with Gasteiger partial charge in [0.05, 0.1) is 12.6 Å². The minimum Gasteiger partial charge on any atom is -0.383 e. The summed E-state index contributed by atoms with van der Waals surface area (Å²) >= 11 is 1.55. The molecule has 0 aromatic carbocycles. The Balaban J connectivity index is 2.80. The summed E-state index contributed by atoms with van der Waals surface area (Å²) in [7, 11) is 1.71. The zero-order chi connectivity index (χ0) is 14.1. The number of nitrogens with zero attached hydrogens (tertiary/aromatic N) is 2. The molecular weight excluding hydrogens is 260 g/mol. The predicted molar refractivity (Wildman–Crippen MR) is 82.2 cm³/mol. The number of aromatic nitrogens is 2. The average molecular weight is 284 g/mol. The second-order valence-electron chi connectivity index (χ2n) is 4.26. The standard InChI is InChI=1S/C13H24N4OS/c1-5-7-14-11-8-12(17-13(16-11)19-4)15-10(6-2)9-18-3/h8,10H,5-7,9H2,1-4H3,(H2,14,15,16,17). The Kier molecular flexibility index (Phi) is 7.59. The van der Waals surface area contributed by atoms with E-state index in [1.165, 1.54) is 0 Å². The zero-order valence-electron chi connectivity index (χ0n) is 12.2. The summed E-state index contributed by atoms with van der Waals surface area (Å²) in [6.45, 7) is 5.85. The number of methoxy groups -OCH3 is 1.